The number of hydrogen-bond acceptors (Lipinski definition) is 11. The van der Waals surface area contributed by atoms with Crippen LogP contribution in [0.1, 0.15) is 163 Å². The summed E-state index contributed by atoms with van der Waals surface area (Å²) in [6, 6.07) is 33.9. The number of carbonyl (C=O) groups excluding carboxylic acids is 2. The second-order valence-corrected chi connectivity index (χ2v) is 29.4. The van der Waals surface area contributed by atoms with Crippen LogP contribution in [0, 0.1) is 69.5 Å². The number of hydrogen-bond donors (Lipinski definition) is 7. The Morgan fingerprint density at radius 3 is 2.49 bits per heavy atom. The summed E-state index contributed by atoms with van der Waals surface area (Å²) in [5, 5.41) is 52.3. The number of aromatic hydroxyl groups is 1. The molecule has 6 aliphatic heterocycles. The molecule has 14 unspecified atom stereocenters. The number of rotatable bonds is 7. The fourth-order valence-electron chi connectivity index (χ4n) is 20.1. The van der Waals surface area contributed by atoms with Gasteiger partial charge in [0.05, 0.1) is 34.4 Å². The van der Waals surface area contributed by atoms with Gasteiger partial charge in [0.1, 0.15) is 17.3 Å². The first-order valence-electron chi connectivity index (χ1n) is 34.1. The maximum Gasteiger partial charge on any atom is 0.340 e. The van der Waals surface area contributed by atoms with Crippen molar-refractivity contribution in [1.29, 1.82) is 0 Å². The Morgan fingerprint density at radius 1 is 0.809 bits per heavy atom. The van der Waals surface area contributed by atoms with Gasteiger partial charge in [-0.2, -0.15) is 0 Å². The molecule has 13 aliphatic rings. The quantitative estimate of drug-likeness (QED) is 0.0536. The number of piperidine rings is 1. The van der Waals surface area contributed by atoms with Crippen molar-refractivity contribution in [2.75, 3.05) is 26.7 Å². The van der Waals surface area contributed by atoms with E-state index in [1.54, 1.807) is 6.07 Å². The zero-order chi connectivity index (χ0) is 60.9. The third-order valence-electron chi connectivity index (χ3n) is 24.4. The number of phenolic OH excluding ortho intramolecular Hbond substituents is 1. The van der Waals surface area contributed by atoms with E-state index in [9.17, 15) is 15.3 Å². The number of nitrogens with one attached hydrogen (secondary N) is 4. The zero-order valence-corrected chi connectivity index (χ0v) is 52.4. The topological polar surface area (TPSA) is 161 Å². The van der Waals surface area contributed by atoms with Crippen molar-refractivity contribution in [3.8, 4) is 28.7 Å². The molecule has 17 rings (SSSR count). The van der Waals surface area contributed by atoms with Crippen molar-refractivity contribution in [3.63, 3.8) is 0 Å². The summed E-state index contributed by atoms with van der Waals surface area (Å²) in [7, 11) is 2.06. The lowest BCUT2D eigenvalue weighted by atomic mass is 9.38. The maximum atomic E-state index is 16.0. The number of aliphatic hydroxyl groups is 2. The van der Waals surface area contributed by atoms with Gasteiger partial charge in [-0.15, -0.1) is 0 Å². The highest BCUT2D eigenvalue weighted by molar-refractivity contribution is 6.08. The van der Waals surface area contributed by atoms with E-state index >= 15 is 9.59 Å². The molecular formula is C78H90N4O7. The summed E-state index contributed by atoms with van der Waals surface area (Å²) in [4.78, 5) is 31.6. The van der Waals surface area contributed by atoms with Crippen molar-refractivity contribution >= 4 is 17.5 Å². The van der Waals surface area contributed by atoms with Gasteiger partial charge in [-0.05, 0) is 227 Å². The first-order chi connectivity index (χ1) is 43.2. The van der Waals surface area contributed by atoms with Crippen molar-refractivity contribution in [2.45, 2.75) is 165 Å². The number of carbonyl (C=O) groups is 2. The zero-order valence-electron chi connectivity index (χ0n) is 52.4. The van der Waals surface area contributed by atoms with Crippen LogP contribution in [-0.4, -0.2) is 71.3 Å². The molecule has 0 amide bonds. The second kappa shape index (κ2) is 23.1. The number of esters is 2. The van der Waals surface area contributed by atoms with Crippen molar-refractivity contribution in [2.24, 2.45) is 57.7 Å². The van der Waals surface area contributed by atoms with Crippen LogP contribution < -0.4 is 21.3 Å². The highest BCUT2D eigenvalue weighted by atomic mass is 16.6. The summed E-state index contributed by atoms with van der Waals surface area (Å²) >= 11 is 0. The first kappa shape index (κ1) is 59.0. The highest BCUT2D eigenvalue weighted by Gasteiger charge is 2.73. The van der Waals surface area contributed by atoms with Gasteiger partial charge in [0.2, 0.25) is 0 Å². The van der Waals surface area contributed by atoms with Crippen LogP contribution in [-0.2, 0) is 31.9 Å². The lowest BCUT2D eigenvalue weighted by Gasteiger charge is -2.62. The van der Waals surface area contributed by atoms with E-state index in [1.807, 2.05) is 19.1 Å². The molecule has 14 bridgehead atoms. The molecule has 4 aromatic carbocycles. The number of β-amino-alcohol motifs (C(OH)–C–C–N with tert-alkyl or cyclic N) is 1. The van der Waals surface area contributed by atoms with E-state index in [0.29, 0.717) is 73.8 Å². The van der Waals surface area contributed by atoms with Gasteiger partial charge in [-0.3, -0.25) is 0 Å². The molecule has 0 radical (unpaired) electrons. The molecule has 2 saturated heterocycles. The minimum atomic E-state index is -1.10. The smallest absolute Gasteiger partial charge is 0.340 e. The van der Waals surface area contributed by atoms with Gasteiger partial charge in [0.25, 0.3) is 0 Å². The van der Waals surface area contributed by atoms with E-state index in [1.165, 1.54) is 16.7 Å². The Balaban J connectivity index is 0.952. The average Bonchev–Trinajstić information content (AvgIpc) is 1.61. The maximum absolute atomic E-state index is 16.0. The largest absolute Gasteiger partial charge is 0.508 e. The van der Waals surface area contributed by atoms with Crippen LogP contribution >= 0.6 is 0 Å². The molecule has 5 fully saturated rings. The van der Waals surface area contributed by atoms with Gasteiger partial charge in [-0.25, -0.2) is 9.59 Å². The van der Waals surface area contributed by atoms with E-state index in [-0.39, 0.29) is 70.9 Å². The van der Waals surface area contributed by atoms with Crippen LogP contribution in [0.2, 0.25) is 0 Å². The highest BCUT2D eigenvalue weighted by Crippen LogP contribution is 2.77. The Kier molecular flexibility index (Phi) is 15.3. The lowest BCUT2D eigenvalue weighted by Crippen LogP contribution is -2.58. The van der Waals surface area contributed by atoms with E-state index in [0.717, 1.165) is 130 Å². The average molecular weight is 1200 g/mol. The summed E-state index contributed by atoms with van der Waals surface area (Å²) < 4.78 is 13.9. The number of cyclic esters (lactones) is 1. The fraction of sp³-hybridized carbons (Fsp3) is 0.513. The third-order valence-corrected chi connectivity index (χ3v) is 24.4. The molecule has 11 heteroatoms. The van der Waals surface area contributed by atoms with Crippen molar-refractivity contribution in [1.82, 2.24) is 21.3 Å². The standard InChI is InChI=1S/C78H90N4O7/c1-4-48(38-49-14-7-5-8-15-49)40-65-78-35-24-62-67(69(78)73(85)89-65)60-44-57(83)21-22-58(60)51-17-12-18-52(41-51)63-25-34-76(62)33-23-59-64(88-72(84)68(59)71(76)78)26-32-75(55-28-37-81-66(43-55)79-3)45-54-42-56(77(87)30-9-6-10-31-77)20-13-29-74(2,86)47-82-70(61(54)46-75)53-19-11-16-50(39-53)27-36-80-63/h5,7-8,11-12,14-19,21-22,25-26,34,39-41,44,48,54-56,61-63,66,70-71,79-83,86-87H,4,6,9-10,23-24,27-33,35-38,42-43,45-47H2,1-3H3. The SMILES string of the molecule is CCC(C=C1OC(=O)C2=C3c4cc(O)ccc4-c4cccc(c4)C4C=CC56CCC7=C(C(=O)OC7=CCC7(C8CCNC(NC)C8)CC8CC(C9(O)CCCCC9)C#CCC(C)(O)CNC(c9cccc(c9)CCN4)C8C7)C5C12CCC36)Cc1ccccc1. The Bertz CT molecular complexity index is 3690. The molecular weight excluding hydrogens is 1100 g/mol. The summed E-state index contributed by atoms with van der Waals surface area (Å²) in [6.07, 6.45) is 24.9. The van der Waals surface area contributed by atoms with E-state index in [2.05, 4.69) is 150 Å². The molecule has 11 nitrogen and oxygen atoms in total. The van der Waals surface area contributed by atoms with Gasteiger partial charge >= 0.3 is 11.9 Å². The van der Waals surface area contributed by atoms with E-state index in [4.69, 9.17) is 9.47 Å². The number of allylic oxidation sites excluding steroid dienone is 6. The molecule has 7 aliphatic carbocycles. The molecule has 2 spiro atoms. The number of fused-ring (bicyclic) bond motifs is 9. The summed E-state index contributed by atoms with van der Waals surface area (Å²) in [6.45, 7) is 6.06. The molecule has 14 atom stereocenters. The number of benzene rings is 4. The molecule has 0 aromatic heterocycles. The van der Waals surface area contributed by atoms with Gasteiger partial charge < -0.3 is 46.1 Å². The molecule has 6 heterocycles. The Labute approximate surface area is 526 Å². The molecule has 7 N–H and O–H groups in total. The predicted molar refractivity (Wildman–Crippen MR) is 347 cm³/mol. The third kappa shape index (κ3) is 10.2. The summed E-state index contributed by atoms with van der Waals surface area (Å²) in [5.74, 6) is 7.71. The number of ether oxygens (including phenoxy) is 2. The number of phenols is 1. The Hall–Kier alpha value is -6.36. The minimum Gasteiger partial charge on any atom is -0.508 e. The van der Waals surface area contributed by atoms with Crippen molar-refractivity contribution in [3.05, 3.63) is 177 Å². The monoisotopic (exact) mass is 1190 g/mol. The van der Waals surface area contributed by atoms with Crippen LogP contribution in [0.5, 0.6) is 5.75 Å². The predicted octanol–water partition coefficient (Wildman–Crippen LogP) is 13.0. The van der Waals surface area contributed by atoms with E-state index < -0.39 is 27.9 Å². The molecule has 4 aromatic rings. The van der Waals surface area contributed by atoms with Crippen LogP contribution in [0.25, 0.3) is 16.7 Å². The molecule has 464 valence electrons. The minimum absolute atomic E-state index is 0.0393. The van der Waals surface area contributed by atoms with Crippen LogP contribution in [0.4, 0.5) is 0 Å². The van der Waals surface area contributed by atoms with Gasteiger partial charge in [0.15, 0.2) is 0 Å². The second-order valence-electron chi connectivity index (χ2n) is 29.4. The van der Waals surface area contributed by atoms with Crippen LogP contribution in [0.3, 0.4) is 0 Å². The van der Waals surface area contributed by atoms with Gasteiger partial charge in [-0.1, -0.05) is 129 Å². The molecule has 89 heavy (non-hydrogen) atoms. The van der Waals surface area contributed by atoms with Crippen LogP contribution in [0.15, 0.2) is 150 Å². The lowest BCUT2D eigenvalue weighted by molar-refractivity contribution is -0.135. The molecule has 3 saturated carbocycles. The van der Waals surface area contributed by atoms with Gasteiger partial charge in [0, 0.05) is 53.9 Å². The Morgan fingerprint density at radius 2 is 1.65 bits per heavy atom. The first-order valence-corrected chi connectivity index (χ1v) is 34.1. The summed E-state index contributed by atoms with van der Waals surface area (Å²) in [5.41, 5.74) is 6.88. The normalized spacial score (nSPS) is 36.0. The van der Waals surface area contributed by atoms with Crippen molar-refractivity contribution < 1.29 is 34.4 Å². The fourth-order valence-corrected chi connectivity index (χ4v) is 20.1.